The van der Waals surface area contributed by atoms with Crippen LogP contribution in [0, 0.1) is 5.92 Å². The lowest BCUT2D eigenvalue weighted by molar-refractivity contribution is -0.132. The molecule has 5 heteroatoms. The van der Waals surface area contributed by atoms with Crippen molar-refractivity contribution in [2.24, 2.45) is 5.92 Å². The molecule has 0 aliphatic carbocycles. The molecule has 1 atom stereocenters. The number of Topliss-reactive ketones (excluding diaryl/α,β-unsaturated/α-hetero) is 1. The standard InChI is InChI=1S/C25H31NO4/c1-18(2)30-22-11-6-9-20(16-22)25(28)21-10-7-15-26(17-21)24(27)14-13-19-8-4-5-12-23(19)29-3/h4-6,8-9,11-12,16,18,21H,7,10,13-15,17H2,1-3H3/t21-/m0/s1. The number of aryl methyl sites for hydroxylation is 1. The van der Waals surface area contributed by atoms with E-state index in [1.165, 1.54) is 0 Å². The van der Waals surface area contributed by atoms with Crippen molar-refractivity contribution < 1.29 is 19.1 Å². The molecule has 160 valence electrons. The second-order valence-electron chi connectivity index (χ2n) is 8.05. The maximum absolute atomic E-state index is 13.1. The number of amides is 1. The Hall–Kier alpha value is -2.82. The summed E-state index contributed by atoms with van der Waals surface area (Å²) in [5.41, 5.74) is 1.68. The van der Waals surface area contributed by atoms with E-state index in [1.807, 2.05) is 67.3 Å². The molecule has 2 aromatic rings. The van der Waals surface area contributed by atoms with Crippen LogP contribution in [-0.4, -0.2) is 42.9 Å². The highest BCUT2D eigenvalue weighted by atomic mass is 16.5. The number of para-hydroxylation sites is 1. The third-order valence-electron chi connectivity index (χ3n) is 5.44. The number of carbonyl (C=O) groups is 2. The molecule has 1 heterocycles. The SMILES string of the molecule is COc1ccccc1CCC(=O)N1CCC[C@H](C(=O)c2cccc(OC(C)C)c2)C1. The molecule has 1 saturated heterocycles. The number of nitrogens with zero attached hydrogens (tertiary/aromatic N) is 1. The number of likely N-dealkylation sites (tertiary alicyclic amines) is 1. The first-order valence-corrected chi connectivity index (χ1v) is 10.7. The first kappa shape index (κ1) is 21.9. The molecule has 1 aliphatic rings. The van der Waals surface area contributed by atoms with E-state index < -0.39 is 0 Å². The third kappa shape index (κ3) is 5.62. The van der Waals surface area contributed by atoms with Crippen molar-refractivity contribution in [2.45, 2.75) is 45.6 Å². The highest BCUT2D eigenvalue weighted by Gasteiger charge is 2.29. The van der Waals surface area contributed by atoms with Crippen molar-refractivity contribution in [2.75, 3.05) is 20.2 Å². The number of methoxy groups -OCH3 is 1. The summed E-state index contributed by atoms with van der Waals surface area (Å²) in [6.45, 7) is 5.12. The van der Waals surface area contributed by atoms with Crippen LogP contribution in [0.4, 0.5) is 0 Å². The van der Waals surface area contributed by atoms with Crippen LogP contribution in [0.25, 0.3) is 0 Å². The molecule has 0 N–H and O–H groups in total. The highest BCUT2D eigenvalue weighted by Crippen LogP contribution is 2.25. The number of benzene rings is 2. The van der Waals surface area contributed by atoms with Crippen LogP contribution in [0.2, 0.25) is 0 Å². The Morgan fingerprint density at radius 1 is 1.13 bits per heavy atom. The Bertz CT molecular complexity index is 877. The van der Waals surface area contributed by atoms with Crippen molar-refractivity contribution >= 4 is 11.7 Å². The number of piperidine rings is 1. The van der Waals surface area contributed by atoms with Gasteiger partial charge in [-0.25, -0.2) is 0 Å². The van der Waals surface area contributed by atoms with Crippen LogP contribution in [0.3, 0.4) is 0 Å². The van der Waals surface area contributed by atoms with Crippen molar-refractivity contribution in [3.05, 3.63) is 59.7 Å². The van der Waals surface area contributed by atoms with Crippen molar-refractivity contribution in [3.8, 4) is 11.5 Å². The summed E-state index contributed by atoms with van der Waals surface area (Å²) in [5, 5.41) is 0. The van der Waals surface area contributed by atoms with E-state index in [9.17, 15) is 9.59 Å². The fourth-order valence-electron chi connectivity index (χ4n) is 3.96. The molecular formula is C25H31NO4. The molecule has 1 amide bonds. The third-order valence-corrected chi connectivity index (χ3v) is 5.44. The zero-order valence-electron chi connectivity index (χ0n) is 18.1. The number of ether oxygens (including phenoxy) is 2. The summed E-state index contributed by atoms with van der Waals surface area (Å²) < 4.78 is 11.1. The number of ketones is 1. The summed E-state index contributed by atoms with van der Waals surface area (Å²) >= 11 is 0. The Balaban J connectivity index is 1.60. The minimum absolute atomic E-state index is 0.0568. The van der Waals surface area contributed by atoms with Crippen LogP contribution >= 0.6 is 0 Å². The lowest BCUT2D eigenvalue weighted by Gasteiger charge is -2.32. The van der Waals surface area contributed by atoms with E-state index in [-0.39, 0.29) is 23.7 Å². The van der Waals surface area contributed by atoms with Gasteiger partial charge in [-0.05, 0) is 56.9 Å². The fraction of sp³-hybridized carbons (Fsp3) is 0.440. The minimum atomic E-state index is -0.164. The van der Waals surface area contributed by atoms with Crippen molar-refractivity contribution in [3.63, 3.8) is 0 Å². The molecule has 0 radical (unpaired) electrons. The van der Waals surface area contributed by atoms with Crippen LogP contribution < -0.4 is 9.47 Å². The minimum Gasteiger partial charge on any atom is -0.496 e. The monoisotopic (exact) mass is 409 g/mol. The first-order chi connectivity index (χ1) is 14.5. The molecule has 1 aliphatic heterocycles. The van der Waals surface area contributed by atoms with E-state index in [0.29, 0.717) is 37.2 Å². The average Bonchev–Trinajstić information content (AvgIpc) is 2.77. The second kappa shape index (κ2) is 10.3. The molecule has 5 nitrogen and oxygen atoms in total. The number of hydrogen-bond donors (Lipinski definition) is 0. The molecule has 0 saturated carbocycles. The van der Waals surface area contributed by atoms with Crippen LogP contribution in [-0.2, 0) is 11.2 Å². The molecule has 0 spiro atoms. The Kier molecular flexibility index (Phi) is 7.50. The van der Waals surface area contributed by atoms with Crippen molar-refractivity contribution in [1.82, 2.24) is 4.90 Å². The molecule has 0 aromatic heterocycles. The molecule has 2 aromatic carbocycles. The van der Waals surface area contributed by atoms with E-state index in [1.54, 1.807) is 7.11 Å². The summed E-state index contributed by atoms with van der Waals surface area (Å²) in [5.74, 6) is 1.53. The van der Waals surface area contributed by atoms with Gasteiger partial charge in [0.05, 0.1) is 13.2 Å². The predicted octanol–water partition coefficient (Wildman–Crippen LogP) is 4.54. The van der Waals surface area contributed by atoms with Gasteiger partial charge in [-0.3, -0.25) is 9.59 Å². The summed E-state index contributed by atoms with van der Waals surface area (Å²) in [6.07, 6.45) is 2.76. The zero-order valence-corrected chi connectivity index (χ0v) is 18.1. The summed E-state index contributed by atoms with van der Waals surface area (Å²) in [6, 6.07) is 15.1. The van der Waals surface area contributed by atoms with Gasteiger partial charge in [-0.2, -0.15) is 0 Å². The predicted molar refractivity (Wildman–Crippen MR) is 117 cm³/mol. The number of hydrogen-bond acceptors (Lipinski definition) is 4. The van der Waals surface area contributed by atoms with Gasteiger partial charge in [-0.1, -0.05) is 30.3 Å². The van der Waals surface area contributed by atoms with E-state index in [0.717, 1.165) is 24.2 Å². The van der Waals surface area contributed by atoms with Gasteiger partial charge in [0.1, 0.15) is 11.5 Å². The van der Waals surface area contributed by atoms with Crippen LogP contribution in [0.15, 0.2) is 48.5 Å². The lowest BCUT2D eigenvalue weighted by atomic mass is 9.89. The maximum atomic E-state index is 13.1. The van der Waals surface area contributed by atoms with E-state index >= 15 is 0 Å². The quantitative estimate of drug-likeness (QED) is 0.601. The molecule has 30 heavy (non-hydrogen) atoms. The van der Waals surface area contributed by atoms with Crippen molar-refractivity contribution in [1.29, 1.82) is 0 Å². The summed E-state index contributed by atoms with van der Waals surface area (Å²) in [4.78, 5) is 27.7. The average molecular weight is 410 g/mol. The van der Waals surface area contributed by atoms with E-state index in [2.05, 4.69) is 0 Å². The number of carbonyl (C=O) groups excluding carboxylic acids is 2. The first-order valence-electron chi connectivity index (χ1n) is 10.7. The van der Waals surface area contributed by atoms with Gasteiger partial charge < -0.3 is 14.4 Å². The molecule has 3 rings (SSSR count). The van der Waals surface area contributed by atoms with Gasteiger partial charge in [0.15, 0.2) is 5.78 Å². The molecule has 1 fully saturated rings. The Morgan fingerprint density at radius 3 is 2.70 bits per heavy atom. The van der Waals surface area contributed by atoms with Gasteiger partial charge in [0.25, 0.3) is 0 Å². The van der Waals surface area contributed by atoms with Gasteiger partial charge in [-0.15, -0.1) is 0 Å². The van der Waals surface area contributed by atoms with Gasteiger partial charge in [0.2, 0.25) is 5.91 Å². The zero-order chi connectivity index (χ0) is 21.5. The lowest BCUT2D eigenvalue weighted by Crippen LogP contribution is -2.42. The molecule has 0 bridgehead atoms. The number of rotatable bonds is 8. The topological polar surface area (TPSA) is 55.8 Å². The van der Waals surface area contributed by atoms with Gasteiger partial charge >= 0.3 is 0 Å². The normalized spacial score (nSPS) is 16.4. The Labute approximate surface area is 179 Å². The van der Waals surface area contributed by atoms with E-state index in [4.69, 9.17) is 9.47 Å². The largest absolute Gasteiger partial charge is 0.496 e. The fourth-order valence-corrected chi connectivity index (χ4v) is 3.96. The second-order valence-corrected chi connectivity index (χ2v) is 8.05. The van der Waals surface area contributed by atoms with Crippen LogP contribution in [0.1, 0.15) is 49.0 Å². The highest BCUT2D eigenvalue weighted by molar-refractivity contribution is 5.98. The van der Waals surface area contributed by atoms with Crippen LogP contribution in [0.5, 0.6) is 11.5 Å². The van der Waals surface area contributed by atoms with Gasteiger partial charge in [0, 0.05) is 31.0 Å². The maximum Gasteiger partial charge on any atom is 0.222 e. The Morgan fingerprint density at radius 2 is 1.93 bits per heavy atom. The summed E-state index contributed by atoms with van der Waals surface area (Å²) in [7, 11) is 1.64. The smallest absolute Gasteiger partial charge is 0.222 e. The molecule has 0 unspecified atom stereocenters. The molecular weight excluding hydrogens is 378 g/mol.